The molecule has 0 aliphatic heterocycles. The minimum absolute atomic E-state index is 0.112. The molecule has 0 bridgehead atoms. The smallest absolute Gasteiger partial charge is 0.394 e. The van der Waals surface area contributed by atoms with Crippen LogP contribution in [0.1, 0.15) is 12.8 Å². The van der Waals surface area contributed by atoms with Crippen LogP contribution in [0.15, 0.2) is 0 Å². The maximum atomic E-state index is 10.2. The van der Waals surface area contributed by atoms with E-state index in [9.17, 15) is 4.79 Å². The molecule has 1 atom stereocenters. The van der Waals surface area contributed by atoms with Crippen molar-refractivity contribution in [2.45, 2.75) is 18.9 Å². The van der Waals surface area contributed by atoms with Gasteiger partial charge in [0.25, 0.3) is 0 Å². The van der Waals surface area contributed by atoms with Crippen molar-refractivity contribution in [2.75, 3.05) is 6.54 Å². The molecule has 0 aromatic carbocycles. The Morgan fingerprint density at radius 3 is 2.12 bits per heavy atom. The van der Waals surface area contributed by atoms with Crippen LogP contribution in [-0.4, -0.2) is 47.1 Å². The van der Waals surface area contributed by atoms with Crippen LogP contribution in [0.5, 0.6) is 0 Å². The molecule has 0 heterocycles. The van der Waals surface area contributed by atoms with E-state index in [1.165, 1.54) is 0 Å². The fourth-order valence-corrected chi connectivity index (χ4v) is 0.669. The summed E-state index contributed by atoms with van der Waals surface area (Å²) in [5.74, 6) is -1.11. The molecular weight excluding hydrogens is 256 g/mol. The second-order valence-corrected chi connectivity index (χ2v) is 3.77. The van der Waals surface area contributed by atoms with E-state index in [2.05, 4.69) is 5.32 Å². The molecule has 0 saturated carbocycles. The second-order valence-electron chi connectivity index (χ2n) is 2.88. The van der Waals surface area contributed by atoms with Crippen molar-refractivity contribution in [1.29, 1.82) is 5.41 Å². The number of carboxylic acid groups (broad SMARTS) is 1. The number of nitrogens with two attached hydrogens (primary N) is 2. The standard InChI is InChI=1S/C6H14N4O2.H2O4S/c7-4(5(11)12)2-1-3-10-6(8)9;1-5(2,3)4/h4H,1-3,7H2,(H,11,12)(H4,8,9,10);(H2,1,2,3,4)/t4-;/m1./s1. The third-order valence-electron chi connectivity index (χ3n) is 1.32. The summed E-state index contributed by atoms with van der Waals surface area (Å²) in [5, 5.41) is 17.7. The minimum Gasteiger partial charge on any atom is -0.480 e. The fourth-order valence-electron chi connectivity index (χ4n) is 0.669. The number of aliphatic carboxylic acids is 1. The molecule has 17 heavy (non-hydrogen) atoms. The molecule has 0 radical (unpaired) electrons. The van der Waals surface area contributed by atoms with Gasteiger partial charge in [-0.15, -0.1) is 0 Å². The summed E-state index contributed by atoms with van der Waals surface area (Å²) in [4.78, 5) is 10.2. The molecule has 0 aromatic heterocycles. The van der Waals surface area contributed by atoms with E-state index in [1.54, 1.807) is 0 Å². The van der Waals surface area contributed by atoms with Crippen molar-refractivity contribution in [3.63, 3.8) is 0 Å². The predicted molar refractivity (Wildman–Crippen MR) is 58.9 cm³/mol. The third-order valence-corrected chi connectivity index (χ3v) is 1.32. The van der Waals surface area contributed by atoms with Crippen molar-refractivity contribution in [3.8, 4) is 0 Å². The molecule has 0 aliphatic carbocycles. The lowest BCUT2D eigenvalue weighted by Gasteiger charge is -2.06. The summed E-state index contributed by atoms with van der Waals surface area (Å²) in [6.07, 6.45) is 0.975. The Morgan fingerprint density at radius 1 is 1.41 bits per heavy atom. The molecule has 0 amide bonds. The quantitative estimate of drug-likeness (QED) is 0.128. The Hall–Kier alpha value is -1.43. The van der Waals surface area contributed by atoms with Gasteiger partial charge in [-0.1, -0.05) is 0 Å². The van der Waals surface area contributed by atoms with Gasteiger partial charge in [0.15, 0.2) is 5.96 Å². The van der Waals surface area contributed by atoms with Crippen LogP contribution in [0.3, 0.4) is 0 Å². The molecule has 102 valence electrons. The maximum absolute atomic E-state index is 10.2. The molecule has 0 unspecified atom stereocenters. The van der Waals surface area contributed by atoms with Crippen molar-refractivity contribution in [1.82, 2.24) is 5.32 Å². The first-order valence-electron chi connectivity index (χ1n) is 4.30. The Kier molecular flexibility index (Phi) is 9.18. The van der Waals surface area contributed by atoms with Crippen LogP contribution >= 0.6 is 0 Å². The summed E-state index contributed by atoms with van der Waals surface area (Å²) in [6, 6.07) is -0.821. The normalized spacial score (nSPS) is 11.9. The highest BCUT2D eigenvalue weighted by Crippen LogP contribution is 1.92. The number of carbonyl (C=O) groups is 1. The van der Waals surface area contributed by atoms with Crippen LogP contribution in [0.4, 0.5) is 0 Å². The first kappa shape index (κ1) is 17.9. The van der Waals surface area contributed by atoms with E-state index in [4.69, 9.17) is 39.5 Å². The Bertz CT molecular complexity index is 334. The van der Waals surface area contributed by atoms with Gasteiger partial charge in [-0.3, -0.25) is 19.3 Å². The van der Waals surface area contributed by atoms with E-state index in [-0.39, 0.29) is 5.96 Å². The molecular formula is C6H16N4O6S. The summed E-state index contributed by atoms with van der Waals surface area (Å²) in [5.41, 5.74) is 10.2. The average molecular weight is 272 g/mol. The third kappa shape index (κ3) is 25.1. The predicted octanol–water partition coefficient (Wildman–Crippen LogP) is -1.99. The summed E-state index contributed by atoms with van der Waals surface area (Å²) in [6.45, 7) is 0.482. The van der Waals surface area contributed by atoms with Crippen molar-refractivity contribution in [2.24, 2.45) is 11.5 Å². The number of hydrogen-bond acceptors (Lipinski definition) is 5. The summed E-state index contributed by atoms with van der Waals surface area (Å²) >= 11 is 0. The van der Waals surface area contributed by atoms with E-state index >= 15 is 0 Å². The van der Waals surface area contributed by atoms with Gasteiger partial charge in [0.1, 0.15) is 6.04 Å². The topological polar surface area (TPSA) is 200 Å². The van der Waals surface area contributed by atoms with Gasteiger partial charge in [0.2, 0.25) is 0 Å². The number of nitrogens with one attached hydrogen (secondary N) is 2. The van der Waals surface area contributed by atoms with Crippen LogP contribution in [0.2, 0.25) is 0 Å². The highest BCUT2D eigenvalue weighted by atomic mass is 32.3. The number of guanidine groups is 1. The number of carboxylic acids is 1. The maximum Gasteiger partial charge on any atom is 0.394 e. The first-order chi connectivity index (χ1) is 7.54. The largest absolute Gasteiger partial charge is 0.480 e. The molecule has 0 aliphatic rings. The van der Waals surface area contributed by atoms with Gasteiger partial charge in [-0.25, -0.2) is 0 Å². The molecule has 0 aromatic rings. The summed E-state index contributed by atoms with van der Waals surface area (Å²) < 4.78 is 31.6. The first-order valence-corrected chi connectivity index (χ1v) is 5.70. The van der Waals surface area contributed by atoms with Gasteiger partial charge in [-0.2, -0.15) is 8.42 Å². The van der Waals surface area contributed by atoms with Gasteiger partial charge in [-0.05, 0) is 12.8 Å². The van der Waals surface area contributed by atoms with Gasteiger partial charge >= 0.3 is 16.4 Å². The lowest BCUT2D eigenvalue weighted by Crippen LogP contribution is -2.34. The number of rotatable bonds is 5. The molecule has 9 N–H and O–H groups in total. The van der Waals surface area contributed by atoms with Crippen LogP contribution in [0, 0.1) is 5.41 Å². The Balaban J connectivity index is 0. The van der Waals surface area contributed by atoms with E-state index < -0.39 is 22.4 Å². The molecule has 11 heteroatoms. The Labute approximate surface area is 98.1 Å². The van der Waals surface area contributed by atoms with E-state index in [0.29, 0.717) is 19.4 Å². The molecule has 0 rings (SSSR count). The number of hydrogen-bond donors (Lipinski definition) is 7. The fraction of sp³-hybridized carbons (Fsp3) is 0.667. The lowest BCUT2D eigenvalue weighted by atomic mass is 10.2. The molecule has 10 nitrogen and oxygen atoms in total. The zero-order chi connectivity index (χ0) is 14.1. The summed E-state index contributed by atoms with van der Waals surface area (Å²) in [7, 11) is -4.67. The molecule has 0 spiro atoms. The van der Waals surface area contributed by atoms with E-state index in [0.717, 1.165) is 0 Å². The zero-order valence-corrected chi connectivity index (χ0v) is 9.64. The zero-order valence-electron chi connectivity index (χ0n) is 8.83. The lowest BCUT2D eigenvalue weighted by molar-refractivity contribution is -0.138. The van der Waals surface area contributed by atoms with Crippen LogP contribution in [-0.2, 0) is 15.2 Å². The Morgan fingerprint density at radius 2 is 1.82 bits per heavy atom. The highest BCUT2D eigenvalue weighted by Gasteiger charge is 2.09. The van der Waals surface area contributed by atoms with E-state index in [1.807, 2.05) is 0 Å². The average Bonchev–Trinajstić information content (AvgIpc) is 2.08. The monoisotopic (exact) mass is 272 g/mol. The van der Waals surface area contributed by atoms with Gasteiger partial charge in [0.05, 0.1) is 0 Å². The van der Waals surface area contributed by atoms with Gasteiger partial charge < -0.3 is 21.9 Å². The highest BCUT2D eigenvalue weighted by molar-refractivity contribution is 7.79. The SMILES string of the molecule is N=C(N)NCCC[C@@H](N)C(=O)O.O=S(=O)(O)O. The van der Waals surface area contributed by atoms with Crippen molar-refractivity contribution in [3.05, 3.63) is 0 Å². The molecule has 0 fully saturated rings. The second kappa shape index (κ2) is 8.69. The molecule has 0 saturated heterocycles. The minimum atomic E-state index is -4.67. The van der Waals surface area contributed by atoms with Crippen molar-refractivity contribution < 1.29 is 27.4 Å². The van der Waals surface area contributed by atoms with Crippen LogP contribution < -0.4 is 16.8 Å². The van der Waals surface area contributed by atoms with Crippen molar-refractivity contribution >= 4 is 22.3 Å². The van der Waals surface area contributed by atoms with Crippen LogP contribution in [0.25, 0.3) is 0 Å². The van der Waals surface area contributed by atoms with Gasteiger partial charge in [0, 0.05) is 6.54 Å².